The van der Waals surface area contributed by atoms with Crippen LogP contribution in [-0.2, 0) is 23.1 Å². The summed E-state index contributed by atoms with van der Waals surface area (Å²) in [4.78, 5) is 10.6. The summed E-state index contributed by atoms with van der Waals surface area (Å²) in [7, 11) is 0.205. The number of thiocarbonyl (C=S) groups is 1. The molecule has 0 radical (unpaired) electrons. The van der Waals surface area contributed by atoms with E-state index in [4.69, 9.17) is 26.2 Å². The third-order valence-corrected chi connectivity index (χ3v) is 8.03. The molecule has 0 aromatic heterocycles. The van der Waals surface area contributed by atoms with Gasteiger partial charge in [-0.15, -0.1) is 0 Å². The Bertz CT molecular complexity index is 582. The monoisotopic (exact) mass is 523 g/mol. The van der Waals surface area contributed by atoms with E-state index in [0.717, 1.165) is 24.9 Å². The molecule has 0 aromatic rings. The van der Waals surface area contributed by atoms with Crippen molar-refractivity contribution in [1.82, 2.24) is 5.32 Å². The maximum absolute atomic E-state index is 12.0. The zero-order valence-electron chi connectivity index (χ0n) is 22.0. The Balaban J connectivity index is 2.23. The Morgan fingerprint density at radius 3 is 1.91 bits per heavy atom. The van der Waals surface area contributed by atoms with Crippen LogP contribution >= 0.6 is 20.0 Å². The third kappa shape index (κ3) is 13.3. The second-order valence-corrected chi connectivity index (χ2v) is 11.5. The number of phosphoric acid groups is 1. The second kappa shape index (κ2) is 19.1. The Morgan fingerprint density at radius 2 is 1.44 bits per heavy atom. The first-order valence-corrected chi connectivity index (χ1v) is 15.2. The van der Waals surface area contributed by atoms with E-state index in [-0.39, 0.29) is 12.0 Å². The lowest BCUT2D eigenvalue weighted by atomic mass is 10.0. The fraction of sp³-hybridized carbons (Fsp3) is 0.960. The van der Waals surface area contributed by atoms with Crippen LogP contribution in [0, 0.1) is 5.92 Å². The summed E-state index contributed by atoms with van der Waals surface area (Å²) in [5.41, 5.74) is 0. The molecule has 2 N–H and O–H groups in total. The number of methoxy groups -OCH3 is 2. The minimum Gasteiger partial charge on any atom is -0.384 e. The van der Waals surface area contributed by atoms with Gasteiger partial charge in [-0.2, -0.15) is 0 Å². The Labute approximate surface area is 213 Å². The van der Waals surface area contributed by atoms with E-state index in [1.54, 1.807) is 14.2 Å². The molecule has 0 amide bonds. The molecule has 9 heteroatoms. The summed E-state index contributed by atoms with van der Waals surface area (Å²) in [5.74, 6) is -0.0952. The van der Waals surface area contributed by atoms with Gasteiger partial charge in [0, 0.05) is 27.2 Å². The maximum atomic E-state index is 12.0. The molecule has 7 nitrogen and oxygen atoms in total. The first kappa shape index (κ1) is 31.9. The molecule has 2 unspecified atom stereocenters. The quantitative estimate of drug-likeness (QED) is 0.0993. The summed E-state index contributed by atoms with van der Waals surface area (Å²) in [5, 5.41) is 3.40. The van der Waals surface area contributed by atoms with Crippen LogP contribution in [0.4, 0.5) is 0 Å². The van der Waals surface area contributed by atoms with Crippen molar-refractivity contribution in [2.24, 2.45) is 5.92 Å². The van der Waals surface area contributed by atoms with E-state index < -0.39 is 20.0 Å². The van der Waals surface area contributed by atoms with Crippen LogP contribution in [0.3, 0.4) is 0 Å². The number of hydrogen-bond acceptors (Lipinski definition) is 6. The minimum absolute atomic E-state index is 0.0952. The molecular weight excluding hydrogens is 473 g/mol. The van der Waals surface area contributed by atoms with Crippen molar-refractivity contribution in [3.05, 3.63) is 0 Å². The summed E-state index contributed by atoms with van der Waals surface area (Å²) in [6, 6.07) is -0.0959. The van der Waals surface area contributed by atoms with E-state index in [2.05, 4.69) is 16.8 Å². The van der Waals surface area contributed by atoms with Crippen molar-refractivity contribution in [3.8, 4) is 0 Å². The Hall–Kier alpha value is -0.0800. The van der Waals surface area contributed by atoms with Crippen molar-refractivity contribution < 1.29 is 28.0 Å². The van der Waals surface area contributed by atoms with E-state index in [0.29, 0.717) is 13.0 Å². The molecule has 0 spiro atoms. The molecule has 202 valence electrons. The van der Waals surface area contributed by atoms with E-state index in [9.17, 15) is 9.46 Å². The molecule has 0 aromatic carbocycles. The Morgan fingerprint density at radius 1 is 0.912 bits per heavy atom. The van der Waals surface area contributed by atoms with E-state index >= 15 is 0 Å². The summed E-state index contributed by atoms with van der Waals surface area (Å²) in [6.45, 7) is 2.67. The molecule has 0 saturated heterocycles. The lowest BCUT2D eigenvalue weighted by Gasteiger charge is -2.27. The molecule has 1 aliphatic rings. The van der Waals surface area contributed by atoms with Gasteiger partial charge < -0.3 is 19.7 Å². The molecular formula is C25H50NO6PS. The van der Waals surface area contributed by atoms with Crippen LogP contribution in [0.2, 0.25) is 0 Å². The number of nitrogens with one attached hydrogen (secondary N) is 1. The van der Waals surface area contributed by atoms with Gasteiger partial charge in [-0.05, 0) is 19.3 Å². The molecule has 0 bridgehead atoms. The van der Waals surface area contributed by atoms with Crippen LogP contribution in [0.5, 0.6) is 0 Å². The largest absolute Gasteiger partial charge is 0.472 e. The highest BCUT2D eigenvalue weighted by Gasteiger charge is 2.47. The van der Waals surface area contributed by atoms with Crippen molar-refractivity contribution in [2.75, 3.05) is 27.9 Å². The SMILES string of the molecule is CCCCCCCCCCCCCCCC(=S)N[C@@H]1C[C@H](COC)C(OP(=O)(O)OC)[C@@H]1OC. The maximum Gasteiger partial charge on any atom is 0.472 e. The molecule has 1 aliphatic carbocycles. The van der Waals surface area contributed by atoms with Gasteiger partial charge in [-0.1, -0.05) is 96.2 Å². The minimum atomic E-state index is -4.14. The van der Waals surface area contributed by atoms with Gasteiger partial charge in [-0.25, -0.2) is 4.57 Å². The summed E-state index contributed by atoms with van der Waals surface area (Å²) in [6.07, 6.45) is 17.7. The molecule has 0 aliphatic heterocycles. The number of phosphoric ester groups is 1. The number of ether oxygens (including phenoxy) is 2. The van der Waals surface area contributed by atoms with Gasteiger partial charge in [0.25, 0.3) is 0 Å². The number of unbranched alkanes of at least 4 members (excludes halogenated alkanes) is 12. The summed E-state index contributed by atoms with van der Waals surface area (Å²) < 4.78 is 33.0. The van der Waals surface area contributed by atoms with Crippen molar-refractivity contribution in [3.63, 3.8) is 0 Å². The molecule has 1 saturated carbocycles. The van der Waals surface area contributed by atoms with Crippen LogP contribution in [0.15, 0.2) is 0 Å². The van der Waals surface area contributed by atoms with Crippen LogP contribution in [0.25, 0.3) is 0 Å². The highest BCUT2D eigenvalue weighted by atomic mass is 32.1. The Kier molecular flexibility index (Phi) is 17.9. The second-order valence-electron chi connectivity index (χ2n) is 9.54. The predicted molar refractivity (Wildman–Crippen MR) is 142 cm³/mol. The predicted octanol–water partition coefficient (Wildman–Crippen LogP) is 6.57. The fourth-order valence-electron chi connectivity index (χ4n) is 4.83. The standard InChI is InChI=1S/C25H50NO6PS/c1-5-6-7-8-9-10-11-12-13-14-15-16-17-18-23(34)26-22-19-21(20-29-2)24(25(22)30-3)32-33(27,28)31-4/h21-22,24-25H,5-20H2,1-4H3,(H,26,34)(H,27,28)/t21-,22-,24?,25-/m1/s1. The lowest BCUT2D eigenvalue weighted by molar-refractivity contribution is -0.0282. The molecule has 1 rings (SSSR count). The molecule has 34 heavy (non-hydrogen) atoms. The smallest absolute Gasteiger partial charge is 0.384 e. The number of hydrogen-bond donors (Lipinski definition) is 2. The first-order chi connectivity index (χ1) is 16.4. The highest BCUT2D eigenvalue weighted by molar-refractivity contribution is 7.80. The zero-order chi connectivity index (χ0) is 25.2. The topological polar surface area (TPSA) is 86.3 Å². The molecule has 0 heterocycles. The average Bonchev–Trinajstić information content (AvgIpc) is 3.11. The van der Waals surface area contributed by atoms with E-state index in [1.165, 1.54) is 77.0 Å². The molecule has 1 fully saturated rings. The molecule has 5 atom stereocenters. The summed E-state index contributed by atoms with van der Waals surface area (Å²) >= 11 is 5.58. The fourth-order valence-corrected chi connectivity index (χ4v) is 5.81. The van der Waals surface area contributed by atoms with Crippen molar-refractivity contribution in [1.29, 1.82) is 0 Å². The third-order valence-electron chi connectivity index (χ3n) is 6.73. The van der Waals surface area contributed by atoms with Crippen LogP contribution in [0.1, 0.15) is 103 Å². The van der Waals surface area contributed by atoms with Gasteiger partial charge in [0.1, 0.15) is 12.2 Å². The number of rotatable bonds is 21. The van der Waals surface area contributed by atoms with Gasteiger partial charge in [0.05, 0.1) is 17.6 Å². The highest BCUT2D eigenvalue weighted by Crippen LogP contribution is 2.48. The van der Waals surface area contributed by atoms with Gasteiger partial charge in [0.15, 0.2) is 0 Å². The zero-order valence-corrected chi connectivity index (χ0v) is 23.7. The van der Waals surface area contributed by atoms with Gasteiger partial charge in [-0.3, -0.25) is 9.05 Å². The van der Waals surface area contributed by atoms with Crippen molar-refractivity contribution in [2.45, 2.75) is 121 Å². The van der Waals surface area contributed by atoms with Gasteiger partial charge in [0.2, 0.25) is 0 Å². The average molecular weight is 524 g/mol. The first-order valence-electron chi connectivity index (χ1n) is 13.3. The van der Waals surface area contributed by atoms with E-state index in [1.807, 2.05) is 0 Å². The van der Waals surface area contributed by atoms with Crippen LogP contribution < -0.4 is 5.32 Å². The van der Waals surface area contributed by atoms with Crippen molar-refractivity contribution >= 4 is 25.0 Å². The normalized spacial score (nSPS) is 24.3. The lowest BCUT2D eigenvalue weighted by Crippen LogP contribution is -2.44. The van der Waals surface area contributed by atoms with Gasteiger partial charge >= 0.3 is 7.82 Å². The van der Waals surface area contributed by atoms with Crippen LogP contribution in [-0.4, -0.2) is 56.1 Å².